The fourth-order valence-electron chi connectivity index (χ4n) is 2.39. The largest absolute Gasteiger partial charge is 0.464 e. The molecule has 2 aromatic carbocycles. The zero-order valence-electron chi connectivity index (χ0n) is 11.1. The fourth-order valence-corrected chi connectivity index (χ4v) is 2.39. The van der Waals surface area contributed by atoms with Crippen LogP contribution in [0.2, 0.25) is 0 Å². The lowest BCUT2D eigenvalue weighted by Gasteiger charge is -2.06. The molecule has 0 amide bonds. The van der Waals surface area contributed by atoms with Gasteiger partial charge in [0, 0.05) is 16.5 Å². The molecule has 4 nitrogen and oxygen atoms in total. The Morgan fingerprint density at radius 3 is 2.62 bits per heavy atom. The lowest BCUT2D eigenvalue weighted by molar-refractivity contribution is 0.616. The van der Waals surface area contributed by atoms with E-state index in [9.17, 15) is 0 Å². The smallest absolute Gasteiger partial charge is 0.138 e. The second kappa shape index (κ2) is 4.83. The first kappa shape index (κ1) is 11.8. The first-order chi connectivity index (χ1) is 10.4. The maximum Gasteiger partial charge on any atom is 0.138 e. The molecule has 0 fully saturated rings. The topological polar surface area (TPSA) is 51.8 Å². The quantitative estimate of drug-likeness (QED) is 0.555. The van der Waals surface area contributed by atoms with Crippen molar-refractivity contribution in [2.75, 3.05) is 0 Å². The first-order valence-electron chi connectivity index (χ1n) is 6.62. The number of hydrogen-bond donors (Lipinski definition) is 0. The minimum Gasteiger partial charge on any atom is -0.464 e. The summed E-state index contributed by atoms with van der Waals surface area (Å²) in [5.41, 5.74) is 4.45. The van der Waals surface area contributed by atoms with Gasteiger partial charge in [-0.25, -0.2) is 4.98 Å². The van der Waals surface area contributed by atoms with E-state index in [4.69, 9.17) is 4.42 Å². The summed E-state index contributed by atoms with van der Waals surface area (Å²) in [7, 11) is 0. The molecule has 2 aromatic heterocycles. The Morgan fingerprint density at radius 1 is 0.810 bits per heavy atom. The molecule has 4 rings (SSSR count). The van der Waals surface area contributed by atoms with Gasteiger partial charge in [0.2, 0.25) is 0 Å². The van der Waals surface area contributed by atoms with E-state index in [-0.39, 0.29) is 0 Å². The minimum absolute atomic E-state index is 0.770. The average molecular weight is 273 g/mol. The summed E-state index contributed by atoms with van der Waals surface area (Å²) in [6, 6.07) is 17.9. The molecule has 0 unspecified atom stereocenters. The number of benzene rings is 2. The summed E-state index contributed by atoms with van der Waals surface area (Å²) in [5.74, 6) is 0. The number of hydrogen-bond acceptors (Lipinski definition) is 4. The fraction of sp³-hybridized carbons (Fsp3) is 0. The molecule has 2 heterocycles. The van der Waals surface area contributed by atoms with Gasteiger partial charge in [-0.05, 0) is 24.3 Å². The van der Waals surface area contributed by atoms with E-state index >= 15 is 0 Å². The number of nitrogens with zero attached hydrogens (tertiary/aromatic N) is 3. The van der Waals surface area contributed by atoms with E-state index in [0.29, 0.717) is 0 Å². The Balaban J connectivity index is 1.92. The van der Waals surface area contributed by atoms with Crippen LogP contribution in [0.15, 0.2) is 71.6 Å². The predicted molar refractivity (Wildman–Crippen MR) is 80.5 cm³/mol. The normalized spacial score (nSPS) is 10.9. The third kappa shape index (κ3) is 2.07. The lowest BCUT2D eigenvalue weighted by atomic mass is 10.0. The van der Waals surface area contributed by atoms with E-state index in [1.807, 2.05) is 54.6 Å². The Hall–Kier alpha value is -3.01. The van der Waals surface area contributed by atoms with E-state index < -0.39 is 0 Å². The maximum absolute atomic E-state index is 5.37. The highest BCUT2D eigenvalue weighted by Crippen LogP contribution is 2.29. The zero-order valence-corrected chi connectivity index (χ0v) is 11.1. The van der Waals surface area contributed by atoms with Crippen molar-refractivity contribution < 1.29 is 4.42 Å². The van der Waals surface area contributed by atoms with Crippen molar-refractivity contribution in [3.05, 3.63) is 67.2 Å². The monoisotopic (exact) mass is 273 g/mol. The maximum atomic E-state index is 5.37. The second-order valence-corrected chi connectivity index (χ2v) is 4.70. The molecule has 0 saturated heterocycles. The van der Waals surface area contributed by atoms with Crippen LogP contribution in [-0.4, -0.2) is 15.2 Å². The average Bonchev–Trinajstić information content (AvgIpc) is 3.03. The second-order valence-electron chi connectivity index (χ2n) is 4.70. The van der Waals surface area contributed by atoms with Crippen molar-refractivity contribution >= 4 is 11.0 Å². The Morgan fingerprint density at radius 2 is 1.71 bits per heavy atom. The third-order valence-corrected chi connectivity index (χ3v) is 3.39. The molecule has 0 bridgehead atoms. The van der Waals surface area contributed by atoms with Gasteiger partial charge < -0.3 is 4.42 Å². The van der Waals surface area contributed by atoms with Crippen molar-refractivity contribution in [1.82, 2.24) is 15.2 Å². The van der Waals surface area contributed by atoms with Crippen molar-refractivity contribution in [1.29, 1.82) is 0 Å². The molecule has 0 N–H and O–H groups in total. The van der Waals surface area contributed by atoms with Crippen molar-refractivity contribution in [3.8, 4) is 22.5 Å². The van der Waals surface area contributed by atoms with E-state index in [0.717, 1.165) is 33.5 Å². The Kier molecular flexibility index (Phi) is 2.71. The molecule has 4 aromatic rings. The zero-order chi connectivity index (χ0) is 14.1. The summed E-state index contributed by atoms with van der Waals surface area (Å²) in [6.45, 7) is 0. The van der Waals surface area contributed by atoms with Gasteiger partial charge in [0.1, 0.15) is 23.3 Å². The lowest BCUT2D eigenvalue weighted by Crippen LogP contribution is -1.95. The number of rotatable bonds is 2. The van der Waals surface area contributed by atoms with Gasteiger partial charge >= 0.3 is 0 Å². The highest BCUT2D eigenvalue weighted by atomic mass is 16.3. The highest BCUT2D eigenvalue weighted by Gasteiger charge is 2.11. The van der Waals surface area contributed by atoms with Gasteiger partial charge in [0.25, 0.3) is 0 Å². The minimum atomic E-state index is 0.770. The molecular formula is C17H11N3O. The van der Waals surface area contributed by atoms with Crippen LogP contribution in [0.3, 0.4) is 0 Å². The predicted octanol–water partition coefficient (Wildman–Crippen LogP) is 3.95. The van der Waals surface area contributed by atoms with Gasteiger partial charge in [-0.2, -0.15) is 0 Å². The summed E-state index contributed by atoms with van der Waals surface area (Å²) in [5, 5.41) is 9.24. The van der Waals surface area contributed by atoms with Crippen LogP contribution < -0.4 is 0 Å². The third-order valence-electron chi connectivity index (χ3n) is 3.39. The van der Waals surface area contributed by atoms with Crippen LogP contribution in [0.4, 0.5) is 0 Å². The van der Waals surface area contributed by atoms with Gasteiger partial charge in [-0.15, -0.1) is 10.2 Å². The SMILES string of the molecule is c1ccc(-c2ncnnc2-c2ccc3occc3c2)cc1. The van der Waals surface area contributed by atoms with Crippen LogP contribution in [0.5, 0.6) is 0 Å². The molecule has 4 heteroatoms. The summed E-state index contributed by atoms with van der Waals surface area (Å²) in [4.78, 5) is 4.40. The standard InChI is InChI=1S/C17H11N3O/c1-2-4-12(5-3-1)16-17(20-19-11-18-16)14-6-7-15-13(10-14)8-9-21-15/h1-11H. The van der Waals surface area contributed by atoms with Crippen molar-refractivity contribution in [2.45, 2.75) is 0 Å². The van der Waals surface area contributed by atoms with Crippen LogP contribution in [0, 0.1) is 0 Å². The summed E-state index contributed by atoms with van der Waals surface area (Å²) < 4.78 is 5.37. The molecule has 100 valence electrons. The highest BCUT2D eigenvalue weighted by molar-refractivity contribution is 5.86. The Labute approximate surface area is 121 Å². The molecular weight excluding hydrogens is 262 g/mol. The van der Waals surface area contributed by atoms with Gasteiger partial charge in [-0.3, -0.25) is 0 Å². The van der Waals surface area contributed by atoms with E-state index in [2.05, 4.69) is 15.2 Å². The molecule has 0 atom stereocenters. The van der Waals surface area contributed by atoms with Crippen molar-refractivity contribution in [2.24, 2.45) is 0 Å². The molecule has 0 spiro atoms. The summed E-state index contributed by atoms with van der Waals surface area (Å²) >= 11 is 0. The molecule has 21 heavy (non-hydrogen) atoms. The van der Waals surface area contributed by atoms with Crippen LogP contribution in [0.1, 0.15) is 0 Å². The van der Waals surface area contributed by atoms with Crippen LogP contribution in [-0.2, 0) is 0 Å². The summed E-state index contributed by atoms with van der Waals surface area (Å²) in [6.07, 6.45) is 3.16. The number of fused-ring (bicyclic) bond motifs is 1. The molecule has 0 radical (unpaired) electrons. The molecule has 0 aliphatic rings. The van der Waals surface area contributed by atoms with Gasteiger partial charge in [0.05, 0.1) is 6.26 Å². The van der Waals surface area contributed by atoms with E-state index in [1.165, 1.54) is 6.33 Å². The van der Waals surface area contributed by atoms with E-state index in [1.54, 1.807) is 6.26 Å². The molecule has 0 aliphatic carbocycles. The molecule has 0 saturated carbocycles. The number of aromatic nitrogens is 3. The van der Waals surface area contributed by atoms with Crippen LogP contribution in [0.25, 0.3) is 33.5 Å². The van der Waals surface area contributed by atoms with Crippen molar-refractivity contribution in [3.63, 3.8) is 0 Å². The van der Waals surface area contributed by atoms with Gasteiger partial charge in [-0.1, -0.05) is 30.3 Å². The van der Waals surface area contributed by atoms with Gasteiger partial charge in [0.15, 0.2) is 0 Å². The molecule has 0 aliphatic heterocycles. The Bertz CT molecular complexity index is 900. The number of furan rings is 1. The first-order valence-corrected chi connectivity index (χ1v) is 6.62. The van der Waals surface area contributed by atoms with Crippen LogP contribution >= 0.6 is 0 Å².